The van der Waals surface area contributed by atoms with Gasteiger partial charge in [0.15, 0.2) is 0 Å². The Hall–Kier alpha value is -3.13. The molecule has 0 radical (unpaired) electrons. The van der Waals surface area contributed by atoms with E-state index in [0.717, 1.165) is 16.3 Å². The predicted octanol–water partition coefficient (Wildman–Crippen LogP) is 3.95. The van der Waals surface area contributed by atoms with Crippen LogP contribution in [0, 0.1) is 0 Å². The number of thioether (sulfide) groups is 1. The van der Waals surface area contributed by atoms with Crippen LogP contribution in [0.25, 0.3) is 0 Å². The van der Waals surface area contributed by atoms with Gasteiger partial charge in [0.05, 0.1) is 5.92 Å². The Morgan fingerprint density at radius 2 is 1.93 bits per heavy atom. The third-order valence-corrected chi connectivity index (χ3v) is 5.52. The average molecular weight is 408 g/mol. The summed E-state index contributed by atoms with van der Waals surface area (Å²) in [7, 11) is 0. The third-order valence-electron chi connectivity index (χ3n) is 4.63. The number of benzene rings is 2. The SMILES string of the molecule is CCSc1ccc(C(=O)Nc2nnc(C3CC(=O)N(c4ccccc4)C3)o2)cc1. The molecule has 8 heteroatoms. The van der Waals surface area contributed by atoms with Crippen molar-refractivity contribution in [3.8, 4) is 0 Å². The molecule has 1 aromatic heterocycles. The van der Waals surface area contributed by atoms with Gasteiger partial charge in [0.1, 0.15) is 0 Å². The molecule has 1 aliphatic heterocycles. The lowest BCUT2D eigenvalue weighted by atomic mass is 10.1. The fourth-order valence-electron chi connectivity index (χ4n) is 3.22. The number of para-hydroxylation sites is 1. The minimum Gasteiger partial charge on any atom is -0.407 e. The number of nitrogens with zero attached hydrogens (tertiary/aromatic N) is 3. The molecule has 29 heavy (non-hydrogen) atoms. The van der Waals surface area contributed by atoms with Crippen molar-refractivity contribution >= 4 is 35.3 Å². The molecule has 2 aromatic carbocycles. The van der Waals surface area contributed by atoms with Gasteiger partial charge in [-0.3, -0.25) is 14.9 Å². The molecule has 148 valence electrons. The molecule has 2 amide bonds. The normalized spacial score (nSPS) is 16.2. The van der Waals surface area contributed by atoms with Crippen molar-refractivity contribution in [2.24, 2.45) is 0 Å². The quantitative estimate of drug-likeness (QED) is 0.621. The molecule has 1 unspecified atom stereocenters. The number of rotatable bonds is 6. The highest BCUT2D eigenvalue weighted by Gasteiger charge is 2.35. The van der Waals surface area contributed by atoms with Crippen LogP contribution in [0.5, 0.6) is 0 Å². The van der Waals surface area contributed by atoms with Gasteiger partial charge in [-0.05, 0) is 42.2 Å². The first-order valence-electron chi connectivity index (χ1n) is 9.37. The van der Waals surface area contributed by atoms with E-state index in [4.69, 9.17) is 4.42 Å². The van der Waals surface area contributed by atoms with Crippen LogP contribution in [-0.4, -0.2) is 34.3 Å². The maximum Gasteiger partial charge on any atom is 0.322 e. The van der Waals surface area contributed by atoms with E-state index in [-0.39, 0.29) is 23.7 Å². The van der Waals surface area contributed by atoms with Crippen LogP contribution in [-0.2, 0) is 4.79 Å². The van der Waals surface area contributed by atoms with Gasteiger partial charge in [0.2, 0.25) is 11.8 Å². The number of carbonyl (C=O) groups is 2. The Balaban J connectivity index is 1.41. The minimum atomic E-state index is -0.318. The van der Waals surface area contributed by atoms with Crippen LogP contribution in [0.2, 0.25) is 0 Å². The zero-order valence-corrected chi connectivity index (χ0v) is 16.7. The van der Waals surface area contributed by atoms with Crippen molar-refractivity contribution in [2.75, 3.05) is 22.5 Å². The van der Waals surface area contributed by atoms with Crippen LogP contribution in [0.15, 0.2) is 63.9 Å². The van der Waals surface area contributed by atoms with E-state index in [9.17, 15) is 9.59 Å². The summed E-state index contributed by atoms with van der Waals surface area (Å²) >= 11 is 1.71. The Bertz CT molecular complexity index is 1000. The summed E-state index contributed by atoms with van der Waals surface area (Å²) in [6.07, 6.45) is 0.293. The molecular weight excluding hydrogens is 388 g/mol. The molecule has 1 saturated heterocycles. The molecule has 1 fully saturated rings. The molecule has 3 aromatic rings. The van der Waals surface area contributed by atoms with Crippen molar-refractivity contribution in [2.45, 2.75) is 24.2 Å². The predicted molar refractivity (Wildman–Crippen MR) is 111 cm³/mol. The molecule has 0 spiro atoms. The van der Waals surface area contributed by atoms with Gasteiger partial charge in [-0.15, -0.1) is 16.9 Å². The van der Waals surface area contributed by atoms with Gasteiger partial charge >= 0.3 is 6.01 Å². The number of aromatic nitrogens is 2. The Morgan fingerprint density at radius 1 is 1.17 bits per heavy atom. The lowest BCUT2D eigenvalue weighted by molar-refractivity contribution is -0.117. The second kappa shape index (κ2) is 8.48. The second-order valence-electron chi connectivity index (χ2n) is 6.60. The maximum atomic E-state index is 12.4. The molecule has 2 heterocycles. The number of anilines is 2. The molecule has 0 bridgehead atoms. The van der Waals surface area contributed by atoms with Crippen molar-refractivity contribution in [1.82, 2.24) is 10.2 Å². The molecule has 1 aliphatic rings. The summed E-state index contributed by atoms with van der Waals surface area (Å²) in [5, 5.41) is 10.6. The average Bonchev–Trinajstić information content (AvgIpc) is 3.36. The van der Waals surface area contributed by atoms with Gasteiger partial charge in [-0.25, -0.2) is 0 Å². The standard InChI is InChI=1S/C21H20N4O3S/c1-2-29-17-10-8-14(9-11-17)19(27)22-21-24-23-20(28-21)15-12-18(26)25(13-15)16-6-4-3-5-7-16/h3-11,15H,2,12-13H2,1H3,(H,22,24,27). The highest BCUT2D eigenvalue weighted by molar-refractivity contribution is 7.99. The molecular formula is C21H20N4O3S. The van der Waals surface area contributed by atoms with Crippen LogP contribution >= 0.6 is 11.8 Å². The molecule has 7 nitrogen and oxygen atoms in total. The van der Waals surface area contributed by atoms with Crippen molar-refractivity contribution < 1.29 is 14.0 Å². The molecule has 1 atom stereocenters. The summed E-state index contributed by atoms with van der Waals surface area (Å²) in [6.45, 7) is 2.55. The van der Waals surface area contributed by atoms with E-state index in [2.05, 4.69) is 22.4 Å². The Labute approximate surface area is 172 Å². The van der Waals surface area contributed by atoms with E-state index in [1.165, 1.54) is 0 Å². The first-order chi connectivity index (χ1) is 14.1. The topological polar surface area (TPSA) is 88.3 Å². The number of nitrogens with one attached hydrogen (secondary N) is 1. The van der Waals surface area contributed by atoms with Gasteiger partial charge < -0.3 is 9.32 Å². The maximum absolute atomic E-state index is 12.4. The fourth-order valence-corrected chi connectivity index (χ4v) is 3.88. The summed E-state index contributed by atoms with van der Waals surface area (Å²) < 4.78 is 5.62. The van der Waals surface area contributed by atoms with Crippen LogP contribution in [0.3, 0.4) is 0 Å². The van der Waals surface area contributed by atoms with Crippen molar-refractivity contribution in [3.63, 3.8) is 0 Å². The van der Waals surface area contributed by atoms with Crippen molar-refractivity contribution in [1.29, 1.82) is 0 Å². The lowest BCUT2D eigenvalue weighted by Gasteiger charge is -2.15. The van der Waals surface area contributed by atoms with E-state index in [1.807, 2.05) is 42.5 Å². The molecule has 0 saturated carbocycles. The Kier molecular flexibility index (Phi) is 5.62. The second-order valence-corrected chi connectivity index (χ2v) is 7.94. The highest BCUT2D eigenvalue weighted by Crippen LogP contribution is 2.31. The largest absolute Gasteiger partial charge is 0.407 e. The molecule has 1 N–H and O–H groups in total. The van der Waals surface area contributed by atoms with Crippen molar-refractivity contribution in [3.05, 3.63) is 66.1 Å². The highest BCUT2D eigenvalue weighted by atomic mass is 32.2. The number of hydrogen-bond acceptors (Lipinski definition) is 6. The first kappa shape index (κ1) is 19.2. The molecule has 0 aliphatic carbocycles. The third kappa shape index (κ3) is 4.32. The molecule has 4 rings (SSSR count). The zero-order chi connectivity index (χ0) is 20.2. The summed E-state index contributed by atoms with van der Waals surface area (Å²) in [6, 6.07) is 16.8. The zero-order valence-electron chi connectivity index (χ0n) is 15.9. The lowest BCUT2D eigenvalue weighted by Crippen LogP contribution is -2.24. The van der Waals surface area contributed by atoms with E-state index in [0.29, 0.717) is 24.4 Å². The Morgan fingerprint density at radius 3 is 2.66 bits per heavy atom. The summed E-state index contributed by atoms with van der Waals surface area (Å²) in [5.41, 5.74) is 1.36. The minimum absolute atomic E-state index is 0.00928. The smallest absolute Gasteiger partial charge is 0.322 e. The summed E-state index contributed by atoms with van der Waals surface area (Å²) in [4.78, 5) is 27.6. The van der Waals surface area contributed by atoms with Gasteiger partial charge in [0, 0.05) is 29.1 Å². The van der Waals surface area contributed by atoms with E-state index < -0.39 is 0 Å². The monoisotopic (exact) mass is 408 g/mol. The summed E-state index contributed by atoms with van der Waals surface area (Å²) in [5.74, 6) is 0.812. The number of hydrogen-bond donors (Lipinski definition) is 1. The van der Waals surface area contributed by atoms with E-state index >= 15 is 0 Å². The number of amides is 2. The van der Waals surface area contributed by atoms with Gasteiger partial charge in [0.25, 0.3) is 5.91 Å². The van der Waals surface area contributed by atoms with E-state index in [1.54, 1.807) is 28.8 Å². The van der Waals surface area contributed by atoms with Gasteiger partial charge in [-0.1, -0.05) is 30.2 Å². The van der Waals surface area contributed by atoms with Gasteiger partial charge in [-0.2, -0.15) is 0 Å². The fraction of sp³-hybridized carbons (Fsp3) is 0.238. The van der Waals surface area contributed by atoms with Crippen LogP contribution in [0.1, 0.15) is 35.5 Å². The first-order valence-corrected chi connectivity index (χ1v) is 10.4. The van der Waals surface area contributed by atoms with Crippen LogP contribution < -0.4 is 10.2 Å². The number of carbonyl (C=O) groups excluding carboxylic acids is 2. The van der Waals surface area contributed by atoms with Crippen LogP contribution in [0.4, 0.5) is 11.7 Å².